The van der Waals surface area contributed by atoms with Crippen LogP contribution in [0.1, 0.15) is 27.2 Å². The number of nitrogens with one attached hydrogen (secondary N) is 1. The van der Waals surface area contributed by atoms with Gasteiger partial charge in [0.15, 0.2) is 0 Å². The zero-order valence-corrected chi connectivity index (χ0v) is 14.3. The second-order valence-electron chi connectivity index (χ2n) is 5.82. The fraction of sp³-hybridized carbons (Fsp3) is 0.143. The zero-order valence-electron chi connectivity index (χ0n) is 14.3. The number of hydrogen-bond acceptors (Lipinski definition) is 2. The summed E-state index contributed by atoms with van der Waals surface area (Å²) in [6, 6.07) is 15.4. The third kappa shape index (κ3) is 3.17. The van der Waals surface area contributed by atoms with E-state index in [0.29, 0.717) is 12.1 Å². The van der Waals surface area contributed by atoms with Gasteiger partial charge in [0, 0.05) is 27.7 Å². The molecule has 3 aromatic rings. The van der Waals surface area contributed by atoms with Crippen LogP contribution in [-0.4, -0.2) is 16.7 Å². The molecule has 0 aliphatic rings. The summed E-state index contributed by atoms with van der Waals surface area (Å²) in [7, 11) is 0. The van der Waals surface area contributed by atoms with Gasteiger partial charge in [-0.3, -0.25) is 4.79 Å². The Morgan fingerprint density at radius 3 is 2.68 bits per heavy atom. The third-order valence-corrected chi connectivity index (χ3v) is 4.28. The smallest absolute Gasteiger partial charge is 0.271 e. The number of terminal acetylenes is 1. The van der Waals surface area contributed by atoms with Crippen molar-refractivity contribution < 1.29 is 4.79 Å². The maximum absolute atomic E-state index is 12.3. The first kappa shape index (κ1) is 16.5. The summed E-state index contributed by atoms with van der Waals surface area (Å²) in [5.41, 5.74) is 7.17. The second-order valence-corrected chi connectivity index (χ2v) is 5.82. The maximum atomic E-state index is 12.3. The fourth-order valence-electron chi connectivity index (χ4n) is 2.96. The van der Waals surface area contributed by atoms with Crippen molar-refractivity contribution in [3.05, 3.63) is 70.9 Å². The standard InChI is InChI=1S/C21H19N3O/c1-4-13-24-16(3)19(18-11-7-8-12-20(18)24)14-22-23-21(25)17-10-6-5-9-15(17)2/h1,5-12,14H,13H2,2-3H3,(H,23,25)/b22-14+. The molecule has 0 saturated heterocycles. The van der Waals surface area contributed by atoms with Crippen molar-refractivity contribution in [2.45, 2.75) is 20.4 Å². The molecule has 0 fully saturated rings. The number of carbonyl (C=O) groups is 1. The number of hydrogen-bond donors (Lipinski definition) is 1. The van der Waals surface area contributed by atoms with E-state index in [0.717, 1.165) is 27.7 Å². The van der Waals surface area contributed by atoms with Gasteiger partial charge in [0.05, 0.1) is 12.8 Å². The maximum Gasteiger partial charge on any atom is 0.271 e. The summed E-state index contributed by atoms with van der Waals surface area (Å²) in [5, 5.41) is 5.21. The monoisotopic (exact) mass is 329 g/mol. The quantitative estimate of drug-likeness (QED) is 0.443. The lowest BCUT2D eigenvalue weighted by molar-refractivity contribution is 0.0954. The lowest BCUT2D eigenvalue weighted by Gasteiger charge is -2.03. The van der Waals surface area contributed by atoms with Crippen molar-refractivity contribution >= 4 is 23.0 Å². The van der Waals surface area contributed by atoms with Crippen LogP contribution in [0.5, 0.6) is 0 Å². The van der Waals surface area contributed by atoms with Gasteiger partial charge in [0.1, 0.15) is 0 Å². The van der Waals surface area contributed by atoms with E-state index in [1.165, 1.54) is 0 Å². The molecule has 25 heavy (non-hydrogen) atoms. The van der Waals surface area contributed by atoms with E-state index in [2.05, 4.69) is 21.0 Å². The van der Waals surface area contributed by atoms with Gasteiger partial charge in [-0.05, 0) is 31.5 Å². The molecule has 1 amide bonds. The molecule has 4 nitrogen and oxygen atoms in total. The van der Waals surface area contributed by atoms with E-state index >= 15 is 0 Å². The number of rotatable bonds is 4. The van der Waals surface area contributed by atoms with Crippen molar-refractivity contribution in [3.63, 3.8) is 0 Å². The van der Waals surface area contributed by atoms with Crippen molar-refractivity contribution in [2.75, 3.05) is 0 Å². The zero-order chi connectivity index (χ0) is 17.8. The molecule has 0 saturated carbocycles. The Bertz CT molecular complexity index is 1010. The first-order valence-electron chi connectivity index (χ1n) is 8.03. The second kappa shape index (κ2) is 7.06. The fourth-order valence-corrected chi connectivity index (χ4v) is 2.96. The van der Waals surface area contributed by atoms with Crippen LogP contribution in [0.3, 0.4) is 0 Å². The Labute approximate surface area is 147 Å². The van der Waals surface area contributed by atoms with Crippen LogP contribution >= 0.6 is 0 Å². The molecule has 1 N–H and O–H groups in total. The normalized spacial score (nSPS) is 10.9. The summed E-state index contributed by atoms with van der Waals surface area (Å²) >= 11 is 0. The molecule has 1 heterocycles. The predicted molar refractivity (Wildman–Crippen MR) is 102 cm³/mol. The van der Waals surface area contributed by atoms with Crippen LogP contribution in [-0.2, 0) is 6.54 Å². The van der Waals surface area contributed by atoms with Gasteiger partial charge < -0.3 is 4.57 Å². The molecule has 1 aromatic heterocycles. The number of amides is 1. The van der Waals surface area contributed by atoms with Crippen LogP contribution in [0.15, 0.2) is 53.6 Å². The van der Waals surface area contributed by atoms with E-state index in [1.54, 1.807) is 12.3 Å². The van der Waals surface area contributed by atoms with Crippen molar-refractivity contribution in [2.24, 2.45) is 5.10 Å². The Hall–Kier alpha value is -3.32. The molecule has 2 aromatic carbocycles. The first-order chi connectivity index (χ1) is 12.1. The number of carbonyl (C=O) groups excluding carboxylic acids is 1. The van der Waals surface area contributed by atoms with Gasteiger partial charge in [-0.15, -0.1) is 6.42 Å². The van der Waals surface area contributed by atoms with Crippen LogP contribution in [0.4, 0.5) is 0 Å². The summed E-state index contributed by atoms with van der Waals surface area (Å²) in [6.45, 7) is 4.40. The molecule has 3 rings (SSSR count). The highest BCUT2D eigenvalue weighted by atomic mass is 16.2. The third-order valence-electron chi connectivity index (χ3n) is 4.28. The van der Waals surface area contributed by atoms with Crippen molar-refractivity contribution in [3.8, 4) is 12.3 Å². The molecule has 0 unspecified atom stereocenters. The SMILES string of the molecule is C#CCn1c(C)c(/C=N/NC(=O)c2ccccc2C)c2ccccc21. The number of para-hydroxylation sites is 1. The number of fused-ring (bicyclic) bond motifs is 1. The van der Waals surface area contributed by atoms with E-state index in [9.17, 15) is 4.79 Å². The Morgan fingerprint density at radius 2 is 1.92 bits per heavy atom. The lowest BCUT2D eigenvalue weighted by Crippen LogP contribution is -2.18. The minimum atomic E-state index is -0.223. The summed E-state index contributed by atoms with van der Waals surface area (Å²) in [4.78, 5) is 12.3. The molecule has 0 bridgehead atoms. The molecule has 4 heteroatoms. The molecule has 0 aliphatic heterocycles. The van der Waals surface area contributed by atoms with Gasteiger partial charge in [-0.2, -0.15) is 5.10 Å². The van der Waals surface area contributed by atoms with Gasteiger partial charge in [-0.1, -0.05) is 42.3 Å². The van der Waals surface area contributed by atoms with Crippen LogP contribution in [0.2, 0.25) is 0 Å². The minimum absolute atomic E-state index is 0.223. The van der Waals surface area contributed by atoms with Crippen LogP contribution in [0.25, 0.3) is 10.9 Å². The summed E-state index contributed by atoms with van der Waals surface area (Å²) in [6.07, 6.45) is 7.17. The average Bonchev–Trinajstić information content (AvgIpc) is 2.88. The molecule has 124 valence electrons. The number of benzene rings is 2. The van der Waals surface area contributed by atoms with Gasteiger partial charge in [0.2, 0.25) is 0 Å². The Balaban J connectivity index is 1.90. The largest absolute Gasteiger partial charge is 0.333 e. The van der Waals surface area contributed by atoms with E-state index < -0.39 is 0 Å². The predicted octanol–water partition coefficient (Wildman–Crippen LogP) is 3.66. The highest BCUT2D eigenvalue weighted by molar-refractivity contribution is 6.02. The lowest BCUT2D eigenvalue weighted by atomic mass is 10.1. The molecular formula is C21H19N3O. The minimum Gasteiger partial charge on any atom is -0.333 e. The average molecular weight is 329 g/mol. The number of nitrogens with zero attached hydrogens (tertiary/aromatic N) is 2. The van der Waals surface area contributed by atoms with E-state index in [-0.39, 0.29) is 5.91 Å². The Kier molecular flexibility index (Phi) is 4.67. The molecule has 0 atom stereocenters. The van der Waals surface area contributed by atoms with Crippen molar-refractivity contribution in [1.82, 2.24) is 9.99 Å². The van der Waals surface area contributed by atoms with Gasteiger partial charge in [0.25, 0.3) is 5.91 Å². The highest BCUT2D eigenvalue weighted by Gasteiger charge is 2.12. The topological polar surface area (TPSA) is 46.4 Å². The number of aryl methyl sites for hydroxylation is 1. The van der Waals surface area contributed by atoms with E-state index in [4.69, 9.17) is 6.42 Å². The van der Waals surface area contributed by atoms with E-state index in [1.807, 2.05) is 56.3 Å². The molecule has 0 spiro atoms. The van der Waals surface area contributed by atoms with Gasteiger partial charge >= 0.3 is 0 Å². The highest BCUT2D eigenvalue weighted by Crippen LogP contribution is 2.24. The molecule has 0 radical (unpaired) electrons. The number of hydrazone groups is 1. The molecular weight excluding hydrogens is 310 g/mol. The first-order valence-corrected chi connectivity index (χ1v) is 8.03. The Morgan fingerprint density at radius 1 is 1.20 bits per heavy atom. The summed E-state index contributed by atoms with van der Waals surface area (Å²) in [5.74, 6) is 2.46. The number of aromatic nitrogens is 1. The van der Waals surface area contributed by atoms with Gasteiger partial charge in [-0.25, -0.2) is 5.43 Å². The summed E-state index contributed by atoms with van der Waals surface area (Å²) < 4.78 is 2.07. The molecule has 0 aliphatic carbocycles. The van der Waals surface area contributed by atoms with Crippen LogP contribution < -0.4 is 5.43 Å². The van der Waals surface area contributed by atoms with Crippen molar-refractivity contribution in [1.29, 1.82) is 0 Å². The van der Waals surface area contributed by atoms with Crippen LogP contribution in [0, 0.1) is 26.2 Å².